The van der Waals surface area contributed by atoms with Crippen molar-refractivity contribution in [1.82, 2.24) is 0 Å². The quantitative estimate of drug-likeness (QED) is 0.787. The topological polar surface area (TPSA) is 38.7 Å². The molecule has 96 valence electrons. The molecule has 1 atom stereocenters. The van der Waals surface area contributed by atoms with Gasteiger partial charge in [-0.25, -0.2) is 0 Å². The number of Topliss-reactive ketones (excluding diaryl/α,β-unsaturated/α-hetero) is 1. The van der Waals surface area contributed by atoms with Crippen LogP contribution in [0, 0.1) is 5.92 Å². The SMILES string of the molecule is CC1C=Nc2c(Br)cc(OC(F)(F)F)cc2C1=O. The lowest BCUT2D eigenvalue weighted by atomic mass is 9.96. The number of hydrogen-bond donors (Lipinski definition) is 0. The van der Waals surface area contributed by atoms with Crippen LogP contribution < -0.4 is 4.74 Å². The van der Waals surface area contributed by atoms with E-state index in [9.17, 15) is 18.0 Å². The molecule has 1 aliphatic heterocycles. The summed E-state index contributed by atoms with van der Waals surface area (Å²) in [7, 11) is 0. The summed E-state index contributed by atoms with van der Waals surface area (Å²) < 4.78 is 40.5. The third kappa shape index (κ3) is 2.55. The van der Waals surface area contributed by atoms with E-state index >= 15 is 0 Å². The van der Waals surface area contributed by atoms with Crippen LogP contribution in [0.15, 0.2) is 21.6 Å². The number of fused-ring (bicyclic) bond motifs is 1. The molecule has 1 heterocycles. The Kier molecular flexibility index (Phi) is 3.18. The van der Waals surface area contributed by atoms with Gasteiger partial charge in [0.15, 0.2) is 5.78 Å². The highest BCUT2D eigenvalue weighted by atomic mass is 79.9. The van der Waals surface area contributed by atoms with Gasteiger partial charge in [-0.3, -0.25) is 9.79 Å². The molecular formula is C11H7BrF3NO2. The highest BCUT2D eigenvalue weighted by molar-refractivity contribution is 9.10. The molecule has 0 fully saturated rings. The first-order valence-corrected chi connectivity index (χ1v) is 5.75. The maximum atomic E-state index is 12.1. The average Bonchev–Trinajstić information content (AvgIpc) is 2.21. The molecule has 0 aromatic heterocycles. The van der Waals surface area contributed by atoms with Gasteiger partial charge < -0.3 is 4.74 Å². The fourth-order valence-corrected chi connectivity index (χ4v) is 2.13. The van der Waals surface area contributed by atoms with E-state index in [2.05, 4.69) is 25.7 Å². The summed E-state index contributed by atoms with van der Waals surface area (Å²) in [4.78, 5) is 15.9. The second-order valence-corrected chi connectivity index (χ2v) is 4.63. The van der Waals surface area contributed by atoms with Gasteiger partial charge in [0.1, 0.15) is 5.75 Å². The Morgan fingerprint density at radius 1 is 1.39 bits per heavy atom. The van der Waals surface area contributed by atoms with Crippen LogP contribution in [0.5, 0.6) is 5.75 Å². The van der Waals surface area contributed by atoms with Crippen LogP contribution >= 0.6 is 15.9 Å². The van der Waals surface area contributed by atoms with E-state index in [-0.39, 0.29) is 15.8 Å². The number of alkyl halides is 3. The van der Waals surface area contributed by atoms with Gasteiger partial charge in [-0.05, 0) is 28.1 Å². The minimum Gasteiger partial charge on any atom is -0.406 e. The van der Waals surface area contributed by atoms with Crippen molar-refractivity contribution in [3.8, 4) is 5.75 Å². The predicted octanol–water partition coefficient (Wildman–Crippen LogP) is 3.88. The molecule has 0 amide bonds. The van der Waals surface area contributed by atoms with Gasteiger partial charge in [0.2, 0.25) is 0 Å². The molecule has 0 bridgehead atoms. The van der Waals surface area contributed by atoms with E-state index in [4.69, 9.17) is 0 Å². The Morgan fingerprint density at radius 2 is 2.06 bits per heavy atom. The first-order valence-electron chi connectivity index (χ1n) is 4.95. The molecule has 1 aromatic rings. The number of carbonyl (C=O) groups excluding carboxylic acids is 1. The van der Waals surface area contributed by atoms with Gasteiger partial charge in [-0.1, -0.05) is 6.92 Å². The number of ketones is 1. The van der Waals surface area contributed by atoms with E-state index in [1.807, 2.05) is 0 Å². The van der Waals surface area contributed by atoms with Crippen molar-refractivity contribution in [3.63, 3.8) is 0 Å². The number of hydrogen-bond acceptors (Lipinski definition) is 3. The summed E-state index contributed by atoms with van der Waals surface area (Å²) in [5, 5.41) is 0. The van der Waals surface area contributed by atoms with Crippen molar-refractivity contribution in [1.29, 1.82) is 0 Å². The van der Waals surface area contributed by atoms with Crippen LogP contribution in [0.4, 0.5) is 18.9 Å². The fraction of sp³-hybridized carbons (Fsp3) is 0.273. The Morgan fingerprint density at radius 3 is 2.67 bits per heavy atom. The number of nitrogens with zero attached hydrogens (tertiary/aromatic N) is 1. The van der Waals surface area contributed by atoms with Crippen molar-refractivity contribution >= 4 is 33.6 Å². The zero-order valence-corrected chi connectivity index (χ0v) is 10.7. The van der Waals surface area contributed by atoms with Crippen LogP contribution in [0.25, 0.3) is 0 Å². The van der Waals surface area contributed by atoms with Crippen molar-refractivity contribution in [2.24, 2.45) is 10.9 Å². The van der Waals surface area contributed by atoms with Crippen molar-refractivity contribution in [3.05, 3.63) is 22.2 Å². The third-order valence-electron chi connectivity index (χ3n) is 2.38. The number of aliphatic imine (C=N–C) groups is 1. The Hall–Kier alpha value is -1.37. The minimum atomic E-state index is -4.79. The maximum absolute atomic E-state index is 12.1. The lowest BCUT2D eigenvalue weighted by Gasteiger charge is -2.17. The van der Waals surface area contributed by atoms with Crippen LogP contribution in [0.3, 0.4) is 0 Å². The number of halogens is 4. The molecule has 0 aliphatic carbocycles. The van der Waals surface area contributed by atoms with Gasteiger partial charge in [0.25, 0.3) is 0 Å². The van der Waals surface area contributed by atoms with Crippen molar-refractivity contribution in [2.45, 2.75) is 13.3 Å². The lowest BCUT2D eigenvalue weighted by molar-refractivity contribution is -0.274. The van der Waals surface area contributed by atoms with Crippen LogP contribution in [-0.2, 0) is 0 Å². The standard InChI is InChI=1S/C11H7BrF3NO2/c1-5-4-16-9-7(10(5)17)2-6(3-8(9)12)18-11(13,14)15/h2-5H,1H3. The molecule has 1 aliphatic rings. The normalized spacial score (nSPS) is 18.7. The van der Waals surface area contributed by atoms with E-state index in [0.717, 1.165) is 12.1 Å². The van der Waals surface area contributed by atoms with Gasteiger partial charge in [0, 0.05) is 16.3 Å². The molecule has 7 heteroatoms. The predicted molar refractivity (Wildman–Crippen MR) is 62.5 cm³/mol. The van der Waals surface area contributed by atoms with Crippen LogP contribution in [0.2, 0.25) is 0 Å². The smallest absolute Gasteiger partial charge is 0.406 e. The largest absolute Gasteiger partial charge is 0.573 e. The number of ether oxygens (including phenoxy) is 1. The zero-order chi connectivity index (χ0) is 13.5. The molecule has 1 unspecified atom stereocenters. The highest BCUT2D eigenvalue weighted by Crippen LogP contribution is 2.38. The Bertz CT molecular complexity index is 540. The van der Waals surface area contributed by atoms with Crippen LogP contribution in [0.1, 0.15) is 17.3 Å². The summed E-state index contributed by atoms with van der Waals surface area (Å²) in [6, 6.07) is 2.19. The second-order valence-electron chi connectivity index (χ2n) is 3.78. The summed E-state index contributed by atoms with van der Waals surface area (Å²) in [6.45, 7) is 1.62. The second kappa shape index (κ2) is 4.38. The fourth-order valence-electron chi connectivity index (χ4n) is 1.59. The first kappa shape index (κ1) is 13.1. The summed E-state index contributed by atoms with van der Waals surface area (Å²) in [5.41, 5.74) is 0.450. The van der Waals surface area contributed by atoms with E-state index < -0.39 is 18.0 Å². The number of benzene rings is 1. The summed E-state index contributed by atoms with van der Waals surface area (Å²) in [5.74, 6) is -1.18. The first-order chi connectivity index (χ1) is 8.28. The molecule has 0 saturated heterocycles. The van der Waals surface area contributed by atoms with Crippen molar-refractivity contribution in [2.75, 3.05) is 0 Å². The molecule has 0 radical (unpaired) electrons. The molecule has 3 nitrogen and oxygen atoms in total. The van der Waals surface area contributed by atoms with Crippen molar-refractivity contribution < 1.29 is 22.7 Å². The van der Waals surface area contributed by atoms with E-state index in [1.165, 1.54) is 6.21 Å². The molecule has 18 heavy (non-hydrogen) atoms. The monoisotopic (exact) mass is 321 g/mol. The third-order valence-corrected chi connectivity index (χ3v) is 2.98. The summed E-state index contributed by atoms with van der Waals surface area (Å²) in [6.07, 6.45) is -3.33. The maximum Gasteiger partial charge on any atom is 0.573 e. The zero-order valence-electron chi connectivity index (χ0n) is 9.08. The molecule has 1 aromatic carbocycles. The van der Waals surface area contributed by atoms with E-state index in [0.29, 0.717) is 5.69 Å². The average molecular weight is 322 g/mol. The molecular weight excluding hydrogens is 315 g/mol. The Balaban J connectivity index is 2.48. The van der Waals surface area contributed by atoms with Gasteiger partial charge in [-0.2, -0.15) is 0 Å². The van der Waals surface area contributed by atoms with E-state index in [1.54, 1.807) is 6.92 Å². The van der Waals surface area contributed by atoms with Gasteiger partial charge in [0.05, 0.1) is 11.6 Å². The molecule has 0 spiro atoms. The number of carbonyl (C=O) groups is 1. The highest BCUT2D eigenvalue weighted by Gasteiger charge is 2.32. The molecule has 0 N–H and O–H groups in total. The summed E-state index contributed by atoms with van der Waals surface area (Å²) >= 11 is 3.07. The molecule has 0 saturated carbocycles. The van der Waals surface area contributed by atoms with Crippen LogP contribution in [-0.4, -0.2) is 18.4 Å². The van der Waals surface area contributed by atoms with Gasteiger partial charge >= 0.3 is 6.36 Å². The number of rotatable bonds is 1. The molecule has 2 rings (SSSR count). The Labute approximate surface area is 109 Å². The minimum absolute atomic E-state index is 0.124. The van der Waals surface area contributed by atoms with Gasteiger partial charge in [-0.15, -0.1) is 13.2 Å². The lowest BCUT2D eigenvalue weighted by Crippen LogP contribution is -2.19.